The van der Waals surface area contributed by atoms with Crippen LogP contribution in [0.5, 0.6) is 0 Å². The monoisotopic (exact) mass is 264 g/mol. The topological polar surface area (TPSA) is 98.7 Å². The van der Waals surface area contributed by atoms with Crippen LogP contribution in [0.15, 0.2) is 24.5 Å². The predicted molar refractivity (Wildman–Crippen MR) is 66.0 cm³/mol. The molecule has 100 valence electrons. The molecule has 1 aromatic heterocycles. The van der Waals surface area contributed by atoms with Crippen LogP contribution in [-0.4, -0.2) is 32.2 Å². The molecule has 3 N–H and O–H groups in total. The summed E-state index contributed by atoms with van der Waals surface area (Å²) >= 11 is 0. The number of halogens is 1. The van der Waals surface area contributed by atoms with Crippen molar-refractivity contribution in [1.82, 2.24) is 20.2 Å². The van der Waals surface area contributed by atoms with Crippen molar-refractivity contribution in [3.05, 3.63) is 30.3 Å². The number of nitrogens with two attached hydrogens (primary N) is 1. The summed E-state index contributed by atoms with van der Waals surface area (Å²) in [6.45, 7) is 1.70. The number of hydrogen-bond donors (Lipinski definition) is 2. The summed E-state index contributed by atoms with van der Waals surface area (Å²) in [5, 5.41) is 13.1. The third kappa shape index (κ3) is 3.32. The molecular weight excluding hydrogens is 251 g/mol. The van der Waals surface area contributed by atoms with Crippen LogP contribution >= 0.6 is 0 Å². The van der Waals surface area contributed by atoms with E-state index in [2.05, 4.69) is 20.8 Å². The highest BCUT2D eigenvalue weighted by atomic mass is 19.1. The van der Waals surface area contributed by atoms with E-state index in [1.165, 1.54) is 29.2 Å². The van der Waals surface area contributed by atoms with Gasteiger partial charge in [-0.2, -0.15) is 0 Å². The maximum absolute atomic E-state index is 13.6. The molecule has 2 rings (SSSR count). The zero-order chi connectivity index (χ0) is 13.8. The van der Waals surface area contributed by atoms with Crippen molar-refractivity contribution in [3.63, 3.8) is 0 Å². The maximum atomic E-state index is 13.6. The second kappa shape index (κ2) is 5.53. The normalized spacial score (nSPS) is 12.2. The summed E-state index contributed by atoms with van der Waals surface area (Å²) in [7, 11) is 0. The molecule has 1 atom stereocenters. The van der Waals surface area contributed by atoms with E-state index in [1.807, 2.05) is 0 Å². The Morgan fingerprint density at radius 3 is 3.00 bits per heavy atom. The van der Waals surface area contributed by atoms with Gasteiger partial charge in [-0.15, -0.1) is 5.10 Å². The minimum absolute atomic E-state index is 0.0682. The van der Waals surface area contributed by atoms with Crippen LogP contribution in [0.4, 0.5) is 10.1 Å². The average molecular weight is 264 g/mol. The molecule has 2 aromatic rings. The Morgan fingerprint density at radius 1 is 1.58 bits per heavy atom. The SMILES string of the molecule is CC(N)CC(=O)Nc1cc(-n2cnnn2)ccc1F. The van der Waals surface area contributed by atoms with Crippen molar-refractivity contribution in [2.45, 2.75) is 19.4 Å². The van der Waals surface area contributed by atoms with Crippen LogP contribution in [0, 0.1) is 5.82 Å². The standard InChI is InChI=1S/C11H13FN6O/c1-7(13)4-11(19)15-10-5-8(2-3-9(10)12)18-6-14-16-17-18/h2-3,5-7H,4,13H2,1H3,(H,15,19). The number of carbonyl (C=O) groups excluding carboxylic acids is 1. The van der Waals surface area contributed by atoms with Crippen molar-refractivity contribution in [1.29, 1.82) is 0 Å². The second-order valence-corrected chi connectivity index (χ2v) is 4.15. The van der Waals surface area contributed by atoms with Crippen LogP contribution in [0.3, 0.4) is 0 Å². The van der Waals surface area contributed by atoms with E-state index in [9.17, 15) is 9.18 Å². The predicted octanol–water partition coefficient (Wildman–Crippen LogP) is 0.477. The molecule has 0 aliphatic rings. The quantitative estimate of drug-likeness (QED) is 0.836. The Bertz CT molecular complexity index is 569. The highest BCUT2D eigenvalue weighted by Crippen LogP contribution is 2.18. The smallest absolute Gasteiger partial charge is 0.225 e. The largest absolute Gasteiger partial charge is 0.327 e. The lowest BCUT2D eigenvalue weighted by Crippen LogP contribution is -2.24. The van der Waals surface area contributed by atoms with Crippen LogP contribution in [0.25, 0.3) is 5.69 Å². The lowest BCUT2D eigenvalue weighted by atomic mass is 10.2. The number of rotatable bonds is 4. The molecule has 0 saturated carbocycles. The second-order valence-electron chi connectivity index (χ2n) is 4.15. The number of hydrogen-bond acceptors (Lipinski definition) is 5. The lowest BCUT2D eigenvalue weighted by molar-refractivity contribution is -0.116. The fourth-order valence-electron chi connectivity index (χ4n) is 1.52. The molecule has 7 nitrogen and oxygen atoms in total. The molecule has 0 radical (unpaired) electrons. The maximum Gasteiger partial charge on any atom is 0.225 e. The number of nitrogens with zero attached hydrogens (tertiary/aromatic N) is 4. The van der Waals surface area contributed by atoms with Crippen molar-refractivity contribution < 1.29 is 9.18 Å². The van der Waals surface area contributed by atoms with Crippen LogP contribution in [0.2, 0.25) is 0 Å². The number of amides is 1. The van der Waals surface area contributed by atoms with Gasteiger partial charge in [-0.25, -0.2) is 9.07 Å². The molecule has 8 heteroatoms. The van der Waals surface area contributed by atoms with Gasteiger partial charge in [0.15, 0.2) is 0 Å². The number of benzene rings is 1. The van der Waals surface area contributed by atoms with E-state index < -0.39 is 5.82 Å². The zero-order valence-electron chi connectivity index (χ0n) is 10.2. The molecule has 0 fully saturated rings. The molecule has 1 amide bonds. The van der Waals surface area contributed by atoms with Gasteiger partial charge >= 0.3 is 0 Å². The number of nitrogens with one attached hydrogen (secondary N) is 1. The highest BCUT2D eigenvalue weighted by molar-refractivity contribution is 5.91. The number of tetrazole rings is 1. The Balaban J connectivity index is 2.20. The number of anilines is 1. The first-order valence-electron chi connectivity index (χ1n) is 5.64. The first-order valence-corrected chi connectivity index (χ1v) is 5.64. The molecule has 19 heavy (non-hydrogen) atoms. The van der Waals surface area contributed by atoms with Gasteiger partial charge in [-0.3, -0.25) is 4.79 Å². The van der Waals surface area contributed by atoms with E-state index in [4.69, 9.17) is 5.73 Å². The van der Waals surface area contributed by atoms with E-state index >= 15 is 0 Å². The summed E-state index contributed by atoms with van der Waals surface area (Å²) in [5.74, 6) is -0.877. The highest BCUT2D eigenvalue weighted by Gasteiger charge is 2.10. The van der Waals surface area contributed by atoms with E-state index in [1.54, 1.807) is 6.92 Å². The minimum Gasteiger partial charge on any atom is -0.327 e. The van der Waals surface area contributed by atoms with Crippen molar-refractivity contribution in [3.8, 4) is 5.69 Å². The zero-order valence-corrected chi connectivity index (χ0v) is 10.2. The Hall–Kier alpha value is -2.35. The Labute approximate surface area is 108 Å². The van der Waals surface area contributed by atoms with Gasteiger partial charge in [-0.05, 0) is 35.5 Å². The molecule has 1 aromatic carbocycles. The molecule has 0 bridgehead atoms. The molecule has 1 unspecified atom stereocenters. The van der Waals surface area contributed by atoms with Gasteiger partial charge in [0, 0.05) is 12.5 Å². The van der Waals surface area contributed by atoms with Crippen LogP contribution < -0.4 is 11.1 Å². The van der Waals surface area contributed by atoms with Gasteiger partial charge in [-0.1, -0.05) is 0 Å². The first kappa shape index (κ1) is 13.1. The molecular formula is C11H13FN6O. The van der Waals surface area contributed by atoms with Gasteiger partial charge < -0.3 is 11.1 Å². The fraction of sp³-hybridized carbons (Fsp3) is 0.273. The number of aromatic nitrogens is 4. The average Bonchev–Trinajstić information content (AvgIpc) is 2.84. The van der Waals surface area contributed by atoms with Crippen molar-refractivity contribution in [2.75, 3.05) is 5.32 Å². The van der Waals surface area contributed by atoms with Gasteiger partial charge in [0.2, 0.25) is 5.91 Å². The van der Waals surface area contributed by atoms with Crippen molar-refractivity contribution >= 4 is 11.6 Å². The van der Waals surface area contributed by atoms with Crippen molar-refractivity contribution in [2.24, 2.45) is 5.73 Å². The van der Waals surface area contributed by atoms with Crippen LogP contribution in [-0.2, 0) is 4.79 Å². The number of carbonyl (C=O) groups is 1. The van der Waals surface area contributed by atoms with E-state index in [-0.39, 0.29) is 24.1 Å². The summed E-state index contributed by atoms with van der Waals surface area (Å²) < 4.78 is 15.0. The minimum atomic E-state index is -0.533. The molecule has 0 spiro atoms. The van der Waals surface area contributed by atoms with E-state index in [0.717, 1.165) is 0 Å². The van der Waals surface area contributed by atoms with Gasteiger partial charge in [0.05, 0.1) is 11.4 Å². The molecule has 1 heterocycles. The molecule has 0 aliphatic heterocycles. The lowest BCUT2D eigenvalue weighted by Gasteiger charge is -2.09. The fourth-order valence-corrected chi connectivity index (χ4v) is 1.52. The van der Waals surface area contributed by atoms with Gasteiger partial charge in [0.25, 0.3) is 0 Å². The molecule has 0 aliphatic carbocycles. The van der Waals surface area contributed by atoms with Gasteiger partial charge in [0.1, 0.15) is 12.1 Å². The summed E-state index contributed by atoms with van der Waals surface area (Å²) in [5.41, 5.74) is 6.12. The van der Waals surface area contributed by atoms with E-state index in [0.29, 0.717) is 5.69 Å². The Morgan fingerprint density at radius 2 is 2.37 bits per heavy atom. The Kier molecular flexibility index (Phi) is 3.81. The first-order chi connectivity index (χ1) is 9.06. The summed E-state index contributed by atoms with van der Waals surface area (Å²) in [6.07, 6.45) is 1.50. The summed E-state index contributed by atoms with van der Waals surface area (Å²) in [4.78, 5) is 11.6. The summed E-state index contributed by atoms with van der Waals surface area (Å²) in [6, 6.07) is 3.90. The molecule has 0 saturated heterocycles. The third-order valence-corrected chi connectivity index (χ3v) is 2.34. The third-order valence-electron chi connectivity index (χ3n) is 2.34. The van der Waals surface area contributed by atoms with Crippen LogP contribution in [0.1, 0.15) is 13.3 Å².